The molecule has 1 aliphatic rings. The molecule has 0 atom stereocenters. The molecule has 0 bridgehead atoms. The number of anilines is 1. The van der Waals surface area contributed by atoms with E-state index in [1.807, 2.05) is 18.2 Å². The van der Waals surface area contributed by atoms with Crippen LogP contribution in [0.1, 0.15) is 12.8 Å². The zero-order chi connectivity index (χ0) is 22.9. The van der Waals surface area contributed by atoms with Crippen molar-refractivity contribution in [2.45, 2.75) is 18.9 Å². The number of carbonyl (C=O) groups is 1. The summed E-state index contributed by atoms with van der Waals surface area (Å²) in [6.45, 7) is 0.918. The molecule has 0 radical (unpaired) electrons. The predicted molar refractivity (Wildman–Crippen MR) is 122 cm³/mol. The van der Waals surface area contributed by atoms with Crippen molar-refractivity contribution in [3.05, 3.63) is 36.8 Å². The largest absolute Gasteiger partial charge is 0.493 e. The fraction of sp³-hybridized carbons (Fsp3) is 0.286. The molecule has 0 spiro atoms. The quantitative estimate of drug-likeness (QED) is 0.453. The molecule has 1 aliphatic heterocycles. The number of likely N-dealkylation sites (tertiary alicyclic amines) is 1. The third-order valence-electron chi connectivity index (χ3n) is 5.47. The maximum Gasteiger partial charge on any atom is 0.407 e. The highest BCUT2D eigenvalue weighted by Gasteiger charge is 2.24. The maximum atomic E-state index is 11.1. The van der Waals surface area contributed by atoms with Crippen molar-refractivity contribution in [1.82, 2.24) is 29.5 Å². The van der Waals surface area contributed by atoms with Crippen molar-refractivity contribution in [3.63, 3.8) is 0 Å². The van der Waals surface area contributed by atoms with Crippen LogP contribution in [-0.2, 0) is 0 Å². The number of methoxy groups -OCH3 is 1. The summed E-state index contributed by atoms with van der Waals surface area (Å²) in [5.41, 5.74) is 7.99. The van der Waals surface area contributed by atoms with Gasteiger partial charge in [-0.3, -0.25) is 0 Å². The number of nitrogen functional groups attached to an aromatic ring is 1. The first-order valence-electron chi connectivity index (χ1n) is 10.3. The Labute approximate surface area is 192 Å². The van der Waals surface area contributed by atoms with E-state index in [2.05, 4.69) is 15.0 Å². The second-order valence-electron chi connectivity index (χ2n) is 7.53. The van der Waals surface area contributed by atoms with Gasteiger partial charge in [0.1, 0.15) is 11.1 Å². The third kappa shape index (κ3) is 4.12. The van der Waals surface area contributed by atoms with Gasteiger partial charge in [0, 0.05) is 49.5 Å². The molecule has 3 N–H and O–H groups in total. The summed E-state index contributed by atoms with van der Waals surface area (Å²) in [6, 6.07) is 5.66. The molecule has 33 heavy (non-hydrogen) atoms. The molecule has 5 rings (SSSR count). The second kappa shape index (κ2) is 8.54. The summed E-state index contributed by atoms with van der Waals surface area (Å²) in [7, 11) is 1.59. The number of fused-ring (bicyclic) bond motifs is 1. The van der Waals surface area contributed by atoms with E-state index < -0.39 is 6.09 Å². The van der Waals surface area contributed by atoms with Crippen LogP contribution >= 0.6 is 11.3 Å². The minimum atomic E-state index is -0.891. The van der Waals surface area contributed by atoms with Gasteiger partial charge >= 0.3 is 6.09 Å². The zero-order valence-corrected chi connectivity index (χ0v) is 18.5. The van der Waals surface area contributed by atoms with Gasteiger partial charge in [-0.1, -0.05) is 11.3 Å². The number of hydrogen-bond acceptors (Lipinski definition) is 9. The Balaban J connectivity index is 1.38. The molecule has 0 aliphatic carbocycles. The highest BCUT2D eigenvalue weighted by Crippen LogP contribution is 2.36. The summed E-state index contributed by atoms with van der Waals surface area (Å²) in [5.74, 6) is 1.42. The summed E-state index contributed by atoms with van der Waals surface area (Å²) in [6.07, 6.45) is 5.33. The number of nitrogens with zero attached hydrogens (tertiary/aromatic N) is 6. The average Bonchev–Trinajstić information content (AvgIpc) is 3.41. The van der Waals surface area contributed by atoms with Crippen LogP contribution < -0.4 is 15.2 Å². The lowest BCUT2D eigenvalue weighted by Crippen LogP contribution is -2.41. The Morgan fingerprint density at radius 1 is 1.12 bits per heavy atom. The molecule has 1 fully saturated rings. The van der Waals surface area contributed by atoms with Crippen molar-refractivity contribution < 1.29 is 19.4 Å². The topological polar surface area (TPSA) is 141 Å². The fourth-order valence-electron chi connectivity index (χ4n) is 3.72. The molecule has 4 heterocycles. The van der Waals surface area contributed by atoms with E-state index in [1.165, 1.54) is 16.2 Å². The molecule has 0 unspecified atom stereocenters. The van der Waals surface area contributed by atoms with Crippen LogP contribution in [0.25, 0.3) is 26.8 Å². The summed E-state index contributed by atoms with van der Waals surface area (Å²) in [4.78, 5) is 25.8. The molecule has 12 heteroatoms. The van der Waals surface area contributed by atoms with Crippen molar-refractivity contribution in [2.75, 3.05) is 25.9 Å². The van der Waals surface area contributed by atoms with E-state index in [0.717, 1.165) is 26.8 Å². The fourth-order valence-corrected chi connectivity index (χ4v) is 4.59. The van der Waals surface area contributed by atoms with E-state index in [9.17, 15) is 4.79 Å². The summed E-state index contributed by atoms with van der Waals surface area (Å²) < 4.78 is 13.4. The number of rotatable bonds is 5. The van der Waals surface area contributed by atoms with Crippen molar-refractivity contribution >= 4 is 28.3 Å². The van der Waals surface area contributed by atoms with Gasteiger partial charge in [0.15, 0.2) is 11.5 Å². The number of amides is 1. The van der Waals surface area contributed by atoms with Crippen LogP contribution in [-0.4, -0.2) is 67.0 Å². The smallest absolute Gasteiger partial charge is 0.407 e. The number of aromatic nitrogens is 5. The van der Waals surface area contributed by atoms with Crippen LogP contribution in [0.3, 0.4) is 0 Å². The molecule has 1 amide bonds. The van der Waals surface area contributed by atoms with Gasteiger partial charge in [-0.25, -0.2) is 24.3 Å². The first-order valence-corrected chi connectivity index (χ1v) is 11.1. The van der Waals surface area contributed by atoms with Crippen LogP contribution in [0.5, 0.6) is 11.5 Å². The summed E-state index contributed by atoms with van der Waals surface area (Å²) >= 11 is 1.45. The molecule has 170 valence electrons. The van der Waals surface area contributed by atoms with Gasteiger partial charge in [-0.15, -0.1) is 0 Å². The van der Waals surface area contributed by atoms with E-state index >= 15 is 0 Å². The van der Waals surface area contributed by atoms with Crippen molar-refractivity contribution in [2.24, 2.45) is 0 Å². The minimum absolute atomic E-state index is 0.0619. The summed E-state index contributed by atoms with van der Waals surface area (Å²) in [5, 5.41) is 14.6. The number of hydrogen-bond donors (Lipinski definition) is 2. The number of imidazole rings is 1. The molecule has 0 saturated carbocycles. The minimum Gasteiger partial charge on any atom is -0.493 e. The predicted octanol–water partition coefficient (Wildman–Crippen LogP) is 3.03. The first-order chi connectivity index (χ1) is 16.0. The van der Waals surface area contributed by atoms with Gasteiger partial charge < -0.3 is 25.2 Å². The highest BCUT2D eigenvalue weighted by atomic mass is 32.1. The number of ether oxygens (including phenoxy) is 2. The van der Waals surface area contributed by atoms with Crippen LogP contribution in [0.15, 0.2) is 36.8 Å². The van der Waals surface area contributed by atoms with Crippen LogP contribution in [0, 0.1) is 0 Å². The molecule has 3 aromatic heterocycles. The van der Waals surface area contributed by atoms with Crippen molar-refractivity contribution in [1.29, 1.82) is 0 Å². The molecule has 4 aromatic rings. The van der Waals surface area contributed by atoms with Gasteiger partial charge in [-0.2, -0.15) is 5.10 Å². The van der Waals surface area contributed by atoms with E-state index in [-0.39, 0.29) is 12.1 Å². The Hall–Kier alpha value is -3.93. The Kier molecular flexibility index (Phi) is 5.42. The molecule has 1 aromatic carbocycles. The Bertz CT molecular complexity index is 1300. The molecule has 1 saturated heterocycles. The van der Waals surface area contributed by atoms with Gasteiger partial charge in [-0.05, 0) is 18.2 Å². The van der Waals surface area contributed by atoms with Crippen molar-refractivity contribution in [3.8, 4) is 33.3 Å². The van der Waals surface area contributed by atoms with E-state index in [4.69, 9.17) is 25.4 Å². The number of carboxylic acid groups (broad SMARTS) is 1. The lowest BCUT2D eigenvalue weighted by atomic mass is 10.1. The van der Waals surface area contributed by atoms with Crippen LogP contribution in [0.4, 0.5) is 10.7 Å². The normalized spacial score (nSPS) is 14.5. The zero-order valence-electron chi connectivity index (χ0n) is 17.7. The standard InChI is InChI=1S/C21H21N7O4S/c1-31-17-8-12(2-3-16(17)32-14-4-6-27(7-5-14)21(29)30)18-26-28-15(11-25-20(28)33-18)13-9-23-19(22)24-10-13/h2-3,8-11,14H,4-7H2,1H3,(H,29,30)(H2,22,23,24). The highest BCUT2D eigenvalue weighted by molar-refractivity contribution is 7.19. The van der Waals surface area contributed by atoms with Gasteiger partial charge in [0.05, 0.1) is 19.0 Å². The number of benzene rings is 1. The number of piperidine rings is 1. The van der Waals surface area contributed by atoms with E-state index in [1.54, 1.807) is 30.2 Å². The van der Waals surface area contributed by atoms with E-state index in [0.29, 0.717) is 37.4 Å². The first kappa shape index (κ1) is 20.9. The van der Waals surface area contributed by atoms with Crippen LogP contribution in [0.2, 0.25) is 0 Å². The molecular formula is C21H21N7O4S. The monoisotopic (exact) mass is 467 g/mol. The SMILES string of the molecule is COc1cc(-c2nn3c(-c4cnc(N)nc4)cnc3s2)ccc1OC1CCN(C(=O)O)CC1. The third-order valence-corrected chi connectivity index (χ3v) is 6.44. The lowest BCUT2D eigenvalue weighted by molar-refractivity contribution is 0.0878. The van der Waals surface area contributed by atoms with Gasteiger partial charge in [0.25, 0.3) is 0 Å². The number of nitrogens with two attached hydrogens (primary N) is 1. The second-order valence-corrected chi connectivity index (χ2v) is 8.48. The maximum absolute atomic E-state index is 11.1. The molecule has 11 nitrogen and oxygen atoms in total. The van der Waals surface area contributed by atoms with Gasteiger partial charge in [0.2, 0.25) is 10.9 Å². The molecular weight excluding hydrogens is 446 g/mol. The Morgan fingerprint density at radius 3 is 2.58 bits per heavy atom. The Morgan fingerprint density at radius 2 is 1.88 bits per heavy atom. The average molecular weight is 468 g/mol. The lowest BCUT2D eigenvalue weighted by Gasteiger charge is -2.30.